The van der Waals surface area contributed by atoms with Gasteiger partial charge in [-0.05, 0) is 49.0 Å². The Morgan fingerprint density at radius 1 is 1.10 bits per heavy atom. The first-order valence-electron chi connectivity index (χ1n) is 10.2. The zero-order chi connectivity index (χ0) is 20.5. The van der Waals surface area contributed by atoms with Crippen LogP contribution in [0.2, 0.25) is 0 Å². The number of benzene rings is 2. The number of carbonyl (C=O) groups excluding carboxylic acids is 1. The zero-order valence-corrected chi connectivity index (χ0v) is 17.4. The number of fused-ring (bicyclic) bond motifs is 3. The van der Waals surface area contributed by atoms with E-state index in [1.807, 2.05) is 37.2 Å². The monoisotopic (exact) mass is 397 g/mol. The van der Waals surface area contributed by atoms with E-state index in [9.17, 15) is 4.79 Å². The highest BCUT2D eigenvalue weighted by Crippen LogP contribution is 2.24. The lowest BCUT2D eigenvalue weighted by Gasteiger charge is -2.16. The fourth-order valence-electron chi connectivity index (χ4n) is 3.25. The van der Waals surface area contributed by atoms with Crippen LogP contribution in [0.15, 0.2) is 42.5 Å². The lowest BCUT2D eigenvalue weighted by molar-refractivity contribution is 0.0950. The van der Waals surface area contributed by atoms with Crippen molar-refractivity contribution in [2.45, 2.75) is 13.0 Å². The van der Waals surface area contributed by atoms with Crippen molar-refractivity contribution in [3.8, 4) is 5.75 Å². The van der Waals surface area contributed by atoms with Crippen LogP contribution >= 0.6 is 0 Å². The van der Waals surface area contributed by atoms with Gasteiger partial charge in [-0.25, -0.2) is 0 Å². The van der Waals surface area contributed by atoms with E-state index >= 15 is 0 Å². The van der Waals surface area contributed by atoms with Crippen LogP contribution < -0.4 is 15.4 Å². The summed E-state index contributed by atoms with van der Waals surface area (Å²) in [5.41, 5.74) is 4.10. The third-order valence-corrected chi connectivity index (χ3v) is 4.79. The van der Waals surface area contributed by atoms with E-state index in [1.54, 1.807) is 0 Å². The minimum atomic E-state index is -0.0599. The van der Waals surface area contributed by atoms with Crippen LogP contribution in [0.25, 0.3) is 0 Å². The van der Waals surface area contributed by atoms with Crippen LogP contribution in [0.5, 0.6) is 5.75 Å². The number of rotatable bonds is 4. The van der Waals surface area contributed by atoms with Gasteiger partial charge in [0.25, 0.3) is 5.91 Å². The average molecular weight is 398 g/mol. The number of likely N-dealkylation sites (N-methyl/N-ethyl adjacent to an activating group) is 1. The number of hydrogen-bond donors (Lipinski definition) is 2. The molecule has 0 atom stereocenters. The Balaban J connectivity index is 1.81. The quantitative estimate of drug-likeness (QED) is 0.827. The Bertz CT molecular complexity index is 808. The molecule has 0 radical (unpaired) electrons. The van der Waals surface area contributed by atoms with Gasteiger partial charge in [-0.15, -0.1) is 0 Å². The normalized spacial score (nSPS) is 15.1. The predicted molar refractivity (Wildman–Crippen MR) is 115 cm³/mol. The Hall–Kier alpha value is -2.41. The molecule has 1 amide bonds. The van der Waals surface area contributed by atoms with Crippen molar-refractivity contribution in [1.29, 1.82) is 0 Å². The van der Waals surface area contributed by atoms with Gasteiger partial charge in [-0.3, -0.25) is 4.79 Å². The summed E-state index contributed by atoms with van der Waals surface area (Å²) in [6.07, 6.45) is 0.711. The number of carbonyl (C=O) groups is 1. The molecule has 0 saturated carbocycles. The van der Waals surface area contributed by atoms with E-state index in [4.69, 9.17) is 9.47 Å². The highest BCUT2D eigenvalue weighted by Gasteiger charge is 2.12. The third kappa shape index (κ3) is 6.85. The largest absolute Gasteiger partial charge is 0.491 e. The smallest absolute Gasteiger partial charge is 0.251 e. The molecular formula is C23H31N3O3. The average Bonchev–Trinajstić information content (AvgIpc) is 2.70. The number of nitrogens with zero attached hydrogens (tertiary/aromatic N) is 1. The molecular weight excluding hydrogens is 366 g/mol. The summed E-state index contributed by atoms with van der Waals surface area (Å²) < 4.78 is 11.6. The van der Waals surface area contributed by atoms with E-state index in [1.165, 1.54) is 11.1 Å². The molecule has 2 aromatic carbocycles. The molecule has 2 aromatic rings. The van der Waals surface area contributed by atoms with Crippen LogP contribution in [0.3, 0.4) is 0 Å². The van der Waals surface area contributed by atoms with Crippen LogP contribution in [-0.4, -0.2) is 64.4 Å². The second-order valence-corrected chi connectivity index (χ2v) is 7.52. The second-order valence-electron chi connectivity index (χ2n) is 7.52. The fourth-order valence-corrected chi connectivity index (χ4v) is 3.25. The molecule has 0 fully saturated rings. The van der Waals surface area contributed by atoms with Crippen LogP contribution in [0.4, 0.5) is 0 Å². The maximum Gasteiger partial charge on any atom is 0.251 e. The molecule has 1 heterocycles. The first-order valence-corrected chi connectivity index (χ1v) is 10.2. The minimum Gasteiger partial charge on any atom is -0.491 e. The fraction of sp³-hybridized carbons (Fsp3) is 0.435. The Morgan fingerprint density at radius 3 is 2.83 bits per heavy atom. The summed E-state index contributed by atoms with van der Waals surface area (Å²) in [6, 6.07) is 14.2. The number of hydrogen-bond acceptors (Lipinski definition) is 5. The SMILES string of the molecule is CN(C)CCNC(=O)c1ccc2c(c1)Cc1cccc(c1)CNCCOCCO2. The van der Waals surface area contributed by atoms with Crippen molar-refractivity contribution in [2.75, 3.05) is 53.6 Å². The van der Waals surface area contributed by atoms with Crippen LogP contribution in [-0.2, 0) is 17.7 Å². The molecule has 0 aromatic heterocycles. The Kier molecular flexibility index (Phi) is 8.04. The summed E-state index contributed by atoms with van der Waals surface area (Å²) >= 11 is 0. The Morgan fingerprint density at radius 2 is 1.97 bits per heavy atom. The summed E-state index contributed by atoms with van der Waals surface area (Å²) in [5, 5.41) is 6.37. The van der Waals surface area contributed by atoms with E-state index in [2.05, 4.69) is 34.9 Å². The molecule has 6 nitrogen and oxygen atoms in total. The van der Waals surface area contributed by atoms with Gasteiger partial charge in [0.1, 0.15) is 12.4 Å². The summed E-state index contributed by atoms with van der Waals surface area (Å²) in [5.74, 6) is 0.745. The number of ether oxygens (including phenoxy) is 2. The van der Waals surface area contributed by atoms with E-state index in [0.29, 0.717) is 38.3 Å². The van der Waals surface area contributed by atoms with Gasteiger partial charge in [0.2, 0.25) is 0 Å². The molecule has 29 heavy (non-hydrogen) atoms. The van der Waals surface area contributed by atoms with Crippen molar-refractivity contribution < 1.29 is 14.3 Å². The van der Waals surface area contributed by atoms with Crippen LogP contribution in [0, 0.1) is 0 Å². The van der Waals surface area contributed by atoms with Gasteiger partial charge < -0.3 is 25.0 Å². The lowest BCUT2D eigenvalue weighted by atomic mass is 9.99. The number of nitrogens with one attached hydrogen (secondary N) is 2. The molecule has 2 bridgehead atoms. The molecule has 3 rings (SSSR count). The molecule has 0 unspecified atom stereocenters. The van der Waals surface area contributed by atoms with Crippen molar-refractivity contribution in [3.63, 3.8) is 0 Å². The molecule has 0 aliphatic carbocycles. The molecule has 156 valence electrons. The molecule has 1 aliphatic heterocycles. The summed E-state index contributed by atoms with van der Waals surface area (Å²) in [4.78, 5) is 14.6. The lowest BCUT2D eigenvalue weighted by Crippen LogP contribution is -2.31. The van der Waals surface area contributed by atoms with E-state index in [0.717, 1.165) is 30.9 Å². The molecule has 0 saturated heterocycles. The third-order valence-electron chi connectivity index (χ3n) is 4.79. The van der Waals surface area contributed by atoms with Gasteiger partial charge in [0.15, 0.2) is 0 Å². The molecule has 1 aliphatic rings. The standard InChI is InChI=1S/C23H31N3O3/c1-26(2)10-8-25-23(27)20-6-7-22-21(16-20)15-18-4-3-5-19(14-18)17-24-9-11-28-12-13-29-22/h3-7,14,16,24H,8-13,15,17H2,1-2H3,(H,25,27). The molecule has 0 spiro atoms. The van der Waals surface area contributed by atoms with Crippen LogP contribution in [0.1, 0.15) is 27.0 Å². The van der Waals surface area contributed by atoms with Gasteiger partial charge in [-0.1, -0.05) is 24.3 Å². The topological polar surface area (TPSA) is 62.8 Å². The van der Waals surface area contributed by atoms with Crippen molar-refractivity contribution in [1.82, 2.24) is 15.5 Å². The first-order chi connectivity index (χ1) is 14.1. The van der Waals surface area contributed by atoms with Crippen molar-refractivity contribution in [2.24, 2.45) is 0 Å². The second kappa shape index (κ2) is 11.0. The predicted octanol–water partition coefficient (Wildman–Crippen LogP) is 2.07. The first kappa shape index (κ1) is 21.3. The zero-order valence-electron chi connectivity index (χ0n) is 17.4. The van der Waals surface area contributed by atoms with Crippen molar-refractivity contribution >= 4 is 5.91 Å². The molecule has 2 N–H and O–H groups in total. The number of amides is 1. The van der Waals surface area contributed by atoms with E-state index < -0.39 is 0 Å². The molecule has 6 heteroatoms. The maximum atomic E-state index is 12.6. The van der Waals surface area contributed by atoms with Gasteiger partial charge in [0, 0.05) is 38.2 Å². The summed E-state index contributed by atoms with van der Waals surface area (Å²) in [6.45, 7) is 4.73. The van der Waals surface area contributed by atoms with Crippen molar-refractivity contribution in [3.05, 3.63) is 64.7 Å². The maximum absolute atomic E-state index is 12.6. The van der Waals surface area contributed by atoms with Gasteiger partial charge in [0.05, 0.1) is 13.2 Å². The van der Waals surface area contributed by atoms with E-state index in [-0.39, 0.29) is 5.91 Å². The Labute approximate surface area is 173 Å². The highest BCUT2D eigenvalue weighted by molar-refractivity contribution is 5.94. The van der Waals surface area contributed by atoms with Gasteiger partial charge >= 0.3 is 0 Å². The summed E-state index contributed by atoms with van der Waals surface area (Å²) in [7, 11) is 3.98. The van der Waals surface area contributed by atoms with Gasteiger partial charge in [-0.2, -0.15) is 0 Å². The highest BCUT2D eigenvalue weighted by atomic mass is 16.5. The minimum absolute atomic E-state index is 0.0599.